The molecular weight excluding hydrogens is 198 g/mol. The molecule has 0 amide bonds. The molecule has 1 heterocycles. The highest BCUT2D eigenvalue weighted by Gasteiger charge is 2.39. The number of hydrogen-bond acceptors (Lipinski definition) is 2. The summed E-state index contributed by atoms with van der Waals surface area (Å²) in [6.45, 7) is 4.37. The minimum absolute atomic E-state index is 0.425. The Morgan fingerprint density at radius 3 is 2.12 bits per heavy atom. The van der Waals surface area contributed by atoms with Crippen LogP contribution < -0.4 is 0 Å². The van der Waals surface area contributed by atoms with E-state index in [4.69, 9.17) is 0 Å². The summed E-state index contributed by atoms with van der Waals surface area (Å²) in [6.07, 6.45) is 1.63. The molecule has 1 fully saturated rings. The number of likely N-dealkylation sites (tertiary alicyclic amines) is 1. The number of benzene rings is 1. The fourth-order valence-electron chi connectivity index (χ4n) is 2.77. The van der Waals surface area contributed by atoms with E-state index in [9.17, 15) is 5.11 Å². The number of rotatable bonds is 1. The lowest BCUT2D eigenvalue weighted by atomic mass is 9.78. The summed E-state index contributed by atoms with van der Waals surface area (Å²) < 4.78 is 0. The molecule has 0 bridgehead atoms. The second kappa shape index (κ2) is 4.19. The van der Waals surface area contributed by atoms with Crippen molar-refractivity contribution in [1.82, 2.24) is 4.90 Å². The van der Waals surface area contributed by atoms with Crippen LogP contribution in [0.25, 0.3) is 0 Å². The quantitative estimate of drug-likeness (QED) is 0.784. The summed E-state index contributed by atoms with van der Waals surface area (Å²) in [5, 5.41) is 10.8. The van der Waals surface area contributed by atoms with Crippen molar-refractivity contribution in [3.63, 3.8) is 0 Å². The summed E-state index contributed by atoms with van der Waals surface area (Å²) in [7, 11) is 2.14. The zero-order valence-electron chi connectivity index (χ0n) is 10.4. The number of hydrogen-bond donors (Lipinski definition) is 1. The molecule has 2 rings (SSSR count). The van der Waals surface area contributed by atoms with Crippen LogP contribution in [0.2, 0.25) is 0 Å². The number of piperidine rings is 1. The van der Waals surface area contributed by atoms with Gasteiger partial charge < -0.3 is 10.0 Å². The van der Waals surface area contributed by atoms with Crippen molar-refractivity contribution in [2.75, 3.05) is 7.05 Å². The van der Waals surface area contributed by atoms with Crippen LogP contribution in [0.3, 0.4) is 0 Å². The van der Waals surface area contributed by atoms with Gasteiger partial charge in [-0.05, 0) is 39.3 Å². The van der Waals surface area contributed by atoms with E-state index in [0.29, 0.717) is 12.1 Å². The van der Waals surface area contributed by atoms with E-state index in [1.807, 2.05) is 30.3 Å². The van der Waals surface area contributed by atoms with E-state index in [2.05, 4.69) is 25.8 Å². The molecule has 0 aromatic heterocycles. The lowest BCUT2D eigenvalue weighted by molar-refractivity contribution is -0.0629. The SMILES string of the molecule is C[C@@H]1CC(O)(c2ccccc2)C[C@H](C)N1C. The van der Waals surface area contributed by atoms with Crippen molar-refractivity contribution in [3.8, 4) is 0 Å². The molecule has 1 N–H and O–H groups in total. The van der Waals surface area contributed by atoms with Crippen molar-refractivity contribution >= 4 is 0 Å². The molecule has 0 aliphatic carbocycles. The Balaban J connectivity index is 2.27. The standard InChI is InChI=1S/C14H21NO/c1-11-9-14(16,10-12(2)15(11)3)13-7-5-4-6-8-13/h4-8,11-12,16H,9-10H2,1-3H3/t11-,12+,14?. The van der Waals surface area contributed by atoms with Gasteiger partial charge in [-0.2, -0.15) is 0 Å². The fraction of sp³-hybridized carbons (Fsp3) is 0.571. The summed E-state index contributed by atoms with van der Waals surface area (Å²) >= 11 is 0. The van der Waals surface area contributed by atoms with Gasteiger partial charge in [-0.15, -0.1) is 0 Å². The first-order valence-electron chi connectivity index (χ1n) is 6.03. The van der Waals surface area contributed by atoms with Gasteiger partial charge in [0.15, 0.2) is 0 Å². The van der Waals surface area contributed by atoms with Crippen molar-refractivity contribution in [2.45, 2.75) is 44.4 Å². The molecule has 1 aliphatic heterocycles. The van der Waals surface area contributed by atoms with Crippen LogP contribution in [0.5, 0.6) is 0 Å². The monoisotopic (exact) mass is 219 g/mol. The molecular formula is C14H21NO. The predicted molar refractivity (Wildman–Crippen MR) is 66.3 cm³/mol. The van der Waals surface area contributed by atoms with Gasteiger partial charge in [0.25, 0.3) is 0 Å². The van der Waals surface area contributed by atoms with Crippen LogP contribution >= 0.6 is 0 Å². The van der Waals surface area contributed by atoms with E-state index in [1.54, 1.807) is 0 Å². The average molecular weight is 219 g/mol. The molecule has 2 heteroatoms. The fourth-order valence-corrected chi connectivity index (χ4v) is 2.77. The molecule has 1 aliphatic rings. The Kier molecular flexibility index (Phi) is 3.04. The maximum absolute atomic E-state index is 10.8. The van der Waals surface area contributed by atoms with Crippen LogP contribution in [0.4, 0.5) is 0 Å². The van der Waals surface area contributed by atoms with Gasteiger partial charge in [-0.25, -0.2) is 0 Å². The van der Waals surface area contributed by atoms with Crippen molar-refractivity contribution in [1.29, 1.82) is 0 Å². The van der Waals surface area contributed by atoms with E-state index in [1.165, 1.54) is 0 Å². The highest BCUT2D eigenvalue weighted by atomic mass is 16.3. The van der Waals surface area contributed by atoms with Gasteiger partial charge in [0.1, 0.15) is 0 Å². The lowest BCUT2D eigenvalue weighted by Gasteiger charge is -2.45. The molecule has 1 aromatic carbocycles. The zero-order valence-corrected chi connectivity index (χ0v) is 10.4. The van der Waals surface area contributed by atoms with Crippen LogP contribution in [0.1, 0.15) is 32.3 Å². The van der Waals surface area contributed by atoms with E-state index in [-0.39, 0.29) is 0 Å². The Morgan fingerprint density at radius 1 is 1.12 bits per heavy atom. The van der Waals surface area contributed by atoms with Gasteiger partial charge >= 0.3 is 0 Å². The van der Waals surface area contributed by atoms with Crippen LogP contribution in [0.15, 0.2) is 30.3 Å². The Bertz CT molecular complexity index is 337. The Hall–Kier alpha value is -0.860. The van der Waals surface area contributed by atoms with Gasteiger partial charge in [0, 0.05) is 12.1 Å². The normalized spacial score (nSPS) is 36.2. The number of nitrogens with zero attached hydrogens (tertiary/aromatic N) is 1. The second-order valence-corrected chi connectivity index (χ2v) is 5.17. The smallest absolute Gasteiger partial charge is 0.0926 e. The molecule has 2 nitrogen and oxygen atoms in total. The molecule has 1 unspecified atom stereocenters. The predicted octanol–water partition coefficient (Wildman–Crippen LogP) is 2.38. The van der Waals surface area contributed by atoms with Crippen LogP contribution in [-0.2, 0) is 5.60 Å². The highest BCUT2D eigenvalue weighted by molar-refractivity contribution is 5.23. The van der Waals surface area contributed by atoms with Gasteiger partial charge in [-0.3, -0.25) is 0 Å². The molecule has 0 radical (unpaired) electrons. The van der Waals surface area contributed by atoms with E-state index < -0.39 is 5.60 Å². The van der Waals surface area contributed by atoms with E-state index in [0.717, 1.165) is 18.4 Å². The topological polar surface area (TPSA) is 23.5 Å². The third-order valence-corrected chi connectivity index (χ3v) is 3.97. The summed E-state index contributed by atoms with van der Waals surface area (Å²) in [6, 6.07) is 10.9. The van der Waals surface area contributed by atoms with E-state index >= 15 is 0 Å². The van der Waals surface area contributed by atoms with Crippen LogP contribution in [0, 0.1) is 0 Å². The summed E-state index contributed by atoms with van der Waals surface area (Å²) in [4.78, 5) is 2.34. The number of aliphatic hydroxyl groups is 1. The Labute approximate surface area is 97.9 Å². The zero-order chi connectivity index (χ0) is 11.8. The lowest BCUT2D eigenvalue weighted by Crippen LogP contribution is -2.50. The second-order valence-electron chi connectivity index (χ2n) is 5.17. The molecule has 16 heavy (non-hydrogen) atoms. The third-order valence-electron chi connectivity index (χ3n) is 3.97. The van der Waals surface area contributed by atoms with Crippen molar-refractivity contribution in [3.05, 3.63) is 35.9 Å². The first-order valence-corrected chi connectivity index (χ1v) is 6.03. The highest BCUT2D eigenvalue weighted by Crippen LogP contribution is 2.37. The molecule has 3 atom stereocenters. The molecule has 0 saturated carbocycles. The summed E-state index contributed by atoms with van der Waals surface area (Å²) in [5.41, 5.74) is 0.411. The summed E-state index contributed by atoms with van der Waals surface area (Å²) in [5.74, 6) is 0. The Morgan fingerprint density at radius 2 is 1.62 bits per heavy atom. The molecule has 0 spiro atoms. The van der Waals surface area contributed by atoms with Crippen LogP contribution in [-0.4, -0.2) is 29.1 Å². The third kappa shape index (κ3) is 2.00. The molecule has 1 aromatic rings. The molecule has 88 valence electrons. The first-order chi connectivity index (χ1) is 7.53. The van der Waals surface area contributed by atoms with Gasteiger partial charge in [0.05, 0.1) is 5.60 Å². The largest absolute Gasteiger partial charge is 0.385 e. The minimum atomic E-state index is -0.646. The average Bonchev–Trinajstić information content (AvgIpc) is 2.27. The van der Waals surface area contributed by atoms with Crippen molar-refractivity contribution < 1.29 is 5.11 Å². The maximum atomic E-state index is 10.8. The maximum Gasteiger partial charge on any atom is 0.0926 e. The molecule has 1 saturated heterocycles. The van der Waals surface area contributed by atoms with Gasteiger partial charge in [0.2, 0.25) is 0 Å². The first kappa shape index (κ1) is 11.6. The van der Waals surface area contributed by atoms with Crippen molar-refractivity contribution in [2.24, 2.45) is 0 Å². The van der Waals surface area contributed by atoms with Gasteiger partial charge in [-0.1, -0.05) is 30.3 Å². The minimum Gasteiger partial charge on any atom is -0.385 e.